The molecule has 4 aliphatic rings. The van der Waals surface area contributed by atoms with Gasteiger partial charge in [-0.25, -0.2) is 14.8 Å². The molecule has 7 N–H and O–H groups in total. The molecule has 6 heterocycles. The minimum Gasteiger partial charge on any atom is -0.444 e. The molecule has 14 nitrogen and oxygen atoms in total. The molecule has 3 amide bonds. The number of anilines is 6. The number of likely N-dealkylation sites (tertiary alicyclic amines) is 1. The van der Waals surface area contributed by atoms with Gasteiger partial charge in [-0.1, -0.05) is 24.3 Å². The molecule has 300 valence electrons. The summed E-state index contributed by atoms with van der Waals surface area (Å²) < 4.78 is 5.47. The van der Waals surface area contributed by atoms with E-state index in [0.29, 0.717) is 39.3 Å². The molecule has 0 saturated carbocycles. The van der Waals surface area contributed by atoms with Crippen LogP contribution in [0.1, 0.15) is 67.2 Å². The van der Waals surface area contributed by atoms with Gasteiger partial charge in [0.05, 0.1) is 33.9 Å². The Morgan fingerprint density at radius 3 is 1.47 bits per heavy atom. The van der Waals surface area contributed by atoms with Crippen LogP contribution >= 0.6 is 0 Å². The van der Waals surface area contributed by atoms with E-state index in [0.717, 1.165) is 76.8 Å². The molecule has 57 heavy (non-hydrogen) atoms. The number of pyridine rings is 2. The van der Waals surface area contributed by atoms with Crippen molar-refractivity contribution in [2.24, 2.45) is 10.8 Å². The largest absolute Gasteiger partial charge is 0.444 e. The van der Waals surface area contributed by atoms with Gasteiger partial charge >= 0.3 is 6.09 Å². The van der Waals surface area contributed by atoms with Gasteiger partial charge in [0.2, 0.25) is 0 Å². The van der Waals surface area contributed by atoms with Gasteiger partial charge in [-0.05, 0) is 100 Å². The van der Waals surface area contributed by atoms with Crippen LogP contribution in [0.4, 0.5) is 39.2 Å². The first kappa shape index (κ1) is 39.3. The Hall–Kier alpha value is -5.89. The molecule has 4 aliphatic heterocycles. The molecule has 0 atom stereocenters. The van der Waals surface area contributed by atoms with Crippen LogP contribution in [0.2, 0.25) is 0 Å². The molecule has 4 aromatic rings. The molecular formula is C43H54N10O4. The fourth-order valence-corrected chi connectivity index (χ4v) is 7.81. The van der Waals surface area contributed by atoms with Gasteiger partial charge in [0, 0.05) is 70.2 Å². The van der Waals surface area contributed by atoms with Gasteiger partial charge in [0.1, 0.15) is 17.2 Å². The van der Waals surface area contributed by atoms with Crippen molar-refractivity contribution in [2.75, 3.05) is 84.3 Å². The van der Waals surface area contributed by atoms with Crippen molar-refractivity contribution >= 4 is 52.3 Å². The predicted molar refractivity (Wildman–Crippen MR) is 225 cm³/mol. The Morgan fingerprint density at radius 1 is 0.667 bits per heavy atom. The van der Waals surface area contributed by atoms with Crippen molar-refractivity contribution in [2.45, 2.75) is 52.1 Å². The number of amides is 3. The molecule has 4 fully saturated rings. The van der Waals surface area contributed by atoms with Crippen molar-refractivity contribution in [1.29, 1.82) is 0 Å². The first-order chi connectivity index (χ1) is 27.3. The smallest absolute Gasteiger partial charge is 0.410 e. The zero-order chi connectivity index (χ0) is 40.2. The van der Waals surface area contributed by atoms with Crippen molar-refractivity contribution in [3.05, 3.63) is 96.3 Å². The summed E-state index contributed by atoms with van der Waals surface area (Å²) in [7, 11) is 0. The first-order valence-electron chi connectivity index (χ1n) is 19.7. The number of nitrogen functional groups attached to an aromatic ring is 2. The molecule has 4 saturated heterocycles. The normalized spacial score (nSPS) is 18.1. The van der Waals surface area contributed by atoms with Crippen molar-refractivity contribution < 1.29 is 19.1 Å². The molecule has 2 aromatic heterocycles. The van der Waals surface area contributed by atoms with Gasteiger partial charge in [-0.2, -0.15) is 0 Å². The molecule has 0 aliphatic carbocycles. The summed E-state index contributed by atoms with van der Waals surface area (Å²) in [5.74, 6) is 1.36. The van der Waals surface area contributed by atoms with Gasteiger partial charge < -0.3 is 46.9 Å². The van der Waals surface area contributed by atoms with E-state index in [1.807, 2.05) is 63.2 Å². The zero-order valence-corrected chi connectivity index (χ0v) is 33.1. The highest BCUT2D eigenvalue weighted by atomic mass is 16.6. The highest BCUT2D eigenvalue weighted by molar-refractivity contribution is 6.06. The Morgan fingerprint density at radius 2 is 1.11 bits per heavy atom. The van der Waals surface area contributed by atoms with Crippen LogP contribution in [0.3, 0.4) is 0 Å². The molecule has 0 unspecified atom stereocenters. The maximum atomic E-state index is 12.5. The number of piperidine rings is 2. The van der Waals surface area contributed by atoms with E-state index < -0.39 is 5.60 Å². The summed E-state index contributed by atoms with van der Waals surface area (Å²) in [5.41, 5.74) is 15.3. The fraction of sp³-hybridized carbons (Fsp3) is 0.419. The number of carbonyl (C=O) groups excluding carboxylic acids is 3. The van der Waals surface area contributed by atoms with Crippen LogP contribution in [0, 0.1) is 10.8 Å². The molecule has 8 rings (SSSR count). The lowest BCUT2D eigenvalue weighted by Gasteiger charge is -2.53. The van der Waals surface area contributed by atoms with Crippen LogP contribution in [0.15, 0.2) is 85.2 Å². The third-order valence-corrected chi connectivity index (χ3v) is 11.4. The summed E-state index contributed by atoms with van der Waals surface area (Å²) in [6.07, 6.45) is 7.43. The Balaban J connectivity index is 0.000000179. The first-order valence-corrected chi connectivity index (χ1v) is 19.7. The molecule has 2 aromatic carbocycles. The topological polar surface area (TPSA) is 184 Å². The van der Waals surface area contributed by atoms with Gasteiger partial charge in [0.25, 0.3) is 11.8 Å². The van der Waals surface area contributed by atoms with Crippen molar-refractivity contribution in [1.82, 2.24) is 20.2 Å². The lowest BCUT2D eigenvalue weighted by molar-refractivity contribution is -0.0434. The molecule has 2 spiro atoms. The Kier molecular flexibility index (Phi) is 11.3. The van der Waals surface area contributed by atoms with E-state index in [1.54, 1.807) is 47.6 Å². The van der Waals surface area contributed by atoms with Gasteiger partial charge in [-0.3, -0.25) is 9.59 Å². The third-order valence-electron chi connectivity index (χ3n) is 11.4. The van der Waals surface area contributed by atoms with E-state index >= 15 is 0 Å². The number of para-hydroxylation sites is 4. The number of ether oxygens (including phenoxy) is 1. The van der Waals surface area contributed by atoms with Gasteiger partial charge in [0.15, 0.2) is 0 Å². The van der Waals surface area contributed by atoms with Crippen LogP contribution in [0.25, 0.3) is 0 Å². The second kappa shape index (κ2) is 16.3. The van der Waals surface area contributed by atoms with Crippen molar-refractivity contribution in [3.63, 3.8) is 0 Å². The number of hydrogen-bond donors (Lipinski definition) is 5. The molecule has 14 heteroatoms. The minimum absolute atomic E-state index is 0.183. The van der Waals surface area contributed by atoms with E-state index in [1.165, 1.54) is 12.8 Å². The second-order valence-electron chi connectivity index (χ2n) is 16.8. The summed E-state index contributed by atoms with van der Waals surface area (Å²) in [6.45, 7) is 13.3. The Labute approximate surface area is 334 Å². The third kappa shape index (κ3) is 9.39. The number of hydrogen-bond acceptors (Lipinski definition) is 11. The standard InChI is InChI=1S/C24H31N5O3.C19H23N5O/c1-23(2,3)32-22(31)29-15-24(16-29)10-12-28(13-11-24)20-9-8-17(14-26-20)21(30)27-19-7-5-4-6-18(19)25;20-15-3-1-2-4-16(15)23-18(25)14-5-6-17(22-11-14)24-9-7-19(8-10-24)12-21-13-19/h4-9,14H,10-13,15-16,25H2,1-3H3,(H,27,30);1-6,11,21H,7-10,12-13,20H2,(H,23,25). The molecular weight excluding hydrogens is 721 g/mol. The van der Waals surface area contributed by atoms with Gasteiger partial charge in [-0.15, -0.1) is 0 Å². The van der Waals surface area contributed by atoms with Crippen LogP contribution < -0.4 is 37.2 Å². The number of carbonyl (C=O) groups is 3. The Bertz CT molecular complexity index is 2040. The minimum atomic E-state index is -0.467. The number of aromatic nitrogens is 2. The van der Waals surface area contributed by atoms with E-state index in [9.17, 15) is 14.4 Å². The fourth-order valence-electron chi connectivity index (χ4n) is 7.81. The number of rotatable bonds is 6. The monoisotopic (exact) mass is 774 g/mol. The number of nitrogens with one attached hydrogen (secondary N) is 3. The molecule has 0 bridgehead atoms. The number of nitrogens with two attached hydrogens (primary N) is 2. The van der Waals surface area contributed by atoms with Crippen molar-refractivity contribution in [3.8, 4) is 0 Å². The molecule has 0 radical (unpaired) electrons. The zero-order valence-electron chi connectivity index (χ0n) is 33.1. The van der Waals surface area contributed by atoms with E-state index in [2.05, 4.69) is 35.7 Å². The highest BCUT2D eigenvalue weighted by Gasteiger charge is 2.48. The number of benzene rings is 2. The maximum absolute atomic E-state index is 12.5. The highest BCUT2D eigenvalue weighted by Crippen LogP contribution is 2.42. The second-order valence-corrected chi connectivity index (χ2v) is 16.8. The summed E-state index contributed by atoms with van der Waals surface area (Å²) >= 11 is 0. The van der Waals surface area contributed by atoms with Crippen LogP contribution in [0.5, 0.6) is 0 Å². The van der Waals surface area contributed by atoms with E-state index in [4.69, 9.17) is 16.2 Å². The lowest BCUT2D eigenvalue weighted by Crippen LogP contribution is -2.62. The summed E-state index contributed by atoms with van der Waals surface area (Å²) in [6, 6.07) is 21.8. The maximum Gasteiger partial charge on any atom is 0.410 e. The van der Waals surface area contributed by atoms with Crippen LogP contribution in [-0.4, -0.2) is 90.7 Å². The average molecular weight is 775 g/mol. The summed E-state index contributed by atoms with van der Waals surface area (Å²) in [5, 5.41) is 9.03. The predicted octanol–water partition coefficient (Wildman–Crippen LogP) is 5.86. The van der Waals surface area contributed by atoms with E-state index in [-0.39, 0.29) is 23.3 Å². The SMILES string of the molecule is CC(C)(C)OC(=O)N1CC2(CCN(c3ccc(C(=O)Nc4ccccc4N)cn3)CC2)C1.Nc1ccccc1NC(=O)c1ccc(N2CCC3(CC2)CNC3)nc1. The average Bonchev–Trinajstić information content (AvgIpc) is 3.18. The van der Waals surface area contributed by atoms with Crippen LogP contribution in [-0.2, 0) is 4.74 Å². The quantitative estimate of drug-likeness (QED) is 0.148. The number of nitrogens with zero attached hydrogens (tertiary/aromatic N) is 5. The lowest BCUT2D eigenvalue weighted by atomic mass is 9.72. The summed E-state index contributed by atoms with van der Waals surface area (Å²) in [4.78, 5) is 52.4.